The summed E-state index contributed by atoms with van der Waals surface area (Å²) in [7, 11) is -3.11. The average Bonchev–Trinajstić information content (AvgIpc) is 3.11. The van der Waals surface area contributed by atoms with Gasteiger partial charge in [-0.15, -0.1) is 0 Å². The first-order chi connectivity index (χ1) is 7.62. The average molecular weight is 242 g/mol. The molecule has 16 heavy (non-hydrogen) atoms. The monoisotopic (exact) mass is 242 g/mol. The van der Waals surface area contributed by atoms with Crippen LogP contribution in [0.5, 0.6) is 5.75 Å². The van der Waals surface area contributed by atoms with Gasteiger partial charge in [-0.25, -0.2) is 8.42 Å². The molecule has 0 radical (unpaired) electrons. The van der Waals surface area contributed by atoms with E-state index in [0.29, 0.717) is 17.3 Å². The van der Waals surface area contributed by atoms with Crippen LogP contribution in [0.15, 0.2) is 29.2 Å². The number of benzene rings is 1. The van der Waals surface area contributed by atoms with Crippen molar-refractivity contribution in [3.8, 4) is 5.75 Å². The summed E-state index contributed by atoms with van der Waals surface area (Å²) in [5, 5.41) is 0. The molecule has 2 rings (SSSR count). The van der Waals surface area contributed by atoms with E-state index in [1.54, 1.807) is 31.2 Å². The first-order valence-electron chi connectivity index (χ1n) is 5.19. The lowest BCUT2D eigenvalue weighted by atomic mass is 10.3. The fourth-order valence-electron chi connectivity index (χ4n) is 1.26. The van der Waals surface area contributed by atoms with Crippen molar-refractivity contribution < 1.29 is 17.9 Å². The second kappa shape index (κ2) is 4.43. The first-order valence-corrected chi connectivity index (χ1v) is 6.84. The summed E-state index contributed by atoms with van der Waals surface area (Å²) in [4.78, 5) is 0.338. The lowest BCUT2D eigenvalue weighted by Gasteiger charge is -2.05. The number of rotatable bonds is 5. The van der Waals surface area contributed by atoms with E-state index in [1.807, 2.05) is 0 Å². The van der Waals surface area contributed by atoms with Crippen LogP contribution in [0, 0.1) is 0 Å². The van der Waals surface area contributed by atoms with Crippen LogP contribution in [0.4, 0.5) is 0 Å². The summed E-state index contributed by atoms with van der Waals surface area (Å²) < 4.78 is 33.5. The topological polar surface area (TPSA) is 55.9 Å². The third-order valence-electron chi connectivity index (χ3n) is 2.40. The zero-order valence-corrected chi connectivity index (χ0v) is 9.87. The van der Waals surface area contributed by atoms with Crippen molar-refractivity contribution in [2.24, 2.45) is 0 Å². The molecular formula is C11H14O4S. The van der Waals surface area contributed by atoms with Crippen molar-refractivity contribution in [2.45, 2.75) is 17.9 Å². The number of sulfone groups is 1. The minimum Gasteiger partial charge on any atom is -0.491 e. The Morgan fingerprint density at radius 1 is 1.38 bits per heavy atom. The Balaban J connectivity index is 2.03. The Morgan fingerprint density at radius 2 is 2.00 bits per heavy atom. The molecule has 4 nitrogen and oxygen atoms in total. The molecule has 0 aliphatic carbocycles. The molecule has 1 heterocycles. The summed E-state index contributed by atoms with van der Waals surface area (Å²) in [5.41, 5.74) is 0. The van der Waals surface area contributed by atoms with E-state index in [-0.39, 0.29) is 11.9 Å². The van der Waals surface area contributed by atoms with Crippen LogP contribution in [0.3, 0.4) is 0 Å². The second-order valence-corrected chi connectivity index (χ2v) is 5.92. The van der Waals surface area contributed by atoms with Crippen LogP contribution < -0.4 is 4.74 Å². The van der Waals surface area contributed by atoms with Crippen molar-refractivity contribution >= 4 is 9.84 Å². The summed E-state index contributed by atoms with van der Waals surface area (Å²) in [6.45, 7) is 2.91. The van der Waals surface area contributed by atoms with E-state index in [9.17, 15) is 8.42 Å². The van der Waals surface area contributed by atoms with Crippen molar-refractivity contribution in [1.29, 1.82) is 0 Å². The predicted octanol–water partition coefficient (Wildman–Crippen LogP) is 1.26. The molecule has 0 aromatic heterocycles. The second-order valence-electron chi connectivity index (χ2n) is 3.64. The van der Waals surface area contributed by atoms with E-state index in [2.05, 4.69) is 0 Å². The highest BCUT2D eigenvalue weighted by Crippen LogP contribution is 2.18. The molecular weight excluding hydrogens is 228 g/mol. The van der Waals surface area contributed by atoms with Gasteiger partial charge in [0.2, 0.25) is 0 Å². The van der Waals surface area contributed by atoms with Crippen LogP contribution in [0.2, 0.25) is 0 Å². The molecule has 88 valence electrons. The maximum Gasteiger partial charge on any atom is 0.178 e. The molecule has 0 saturated carbocycles. The minimum atomic E-state index is -3.11. The van der Waals surface area contributed by atoms with Gasteiger partial charge in [-0.1, -0.05) is 6.92 Å². The van der Waals surface area contributed by atoms with Gasteiger partial charge in [0.25, 0.3) is 0 Å². The molecule has 0 amide bonds. The molecule has 1 unspecified atom stereocenters. The van der Waals surface area contributed by atoms with Gasteiger partial charge < -0.3 is 9.47 Å². The summed E-state index contributed by atoms with van der Waals surface area (Å²) >= 11 is 0. The Kier molecular flexibility index (Phi) is 3.16. The van der Waals surface area contributed by atoms with Crippen LogP contribution in [0.1, 0.15) is 6.92 Å². The summed E-state index contributed by atoms with van der Waals surface area (Å²) in [6, 6.07) is 6.49. The number of ether oxygens (including phenoxy) is 2. The van der Waals surface area contributed by atoms with Crippen LogP contribution in [0.25, 0.3) is 0 Å². The fraction of sp³-hybridized carbons (Fsp3) is 0.455. The van der Waals surface area contributed by atoms with Gasteiger partial charge >= 0.3 is 0 Å². The van der Waals surface area contributed by atoms with E-state index in [4.69, 9.17) is 9.47 Å². The highest BCUT2D eigenvalue weighted by molar-refractivity contribution is 7.91. The van der Waals surface area contributed by atoms with Crippen molar-refractivity contribution in [3.63, 3.8) is 0 Å². The Bertz CT molecular complexity index is 445. The van der Waals surface area contributed by atoms with E-state index < -0.39 is 9.84 Å². The van der Waals surface area contributed by atoms with Gasteiger partial charge in [0, 0.05) is 0 Å². The lowest BCUT2D eigenvalue weighted by Crippen LogP contribution is -2.05. The normalized spacial score (nSPS) is 19.4. The van der Waals surface area contributed by atoms with Gasteiger partial charge in [0.05, 0.1) is 17.3 Å². The van der Waals surface area contributed by atoms with E-state index in [0.717, 1.165) is 6.61 Å². The van der Waals surface area contributed by atoms with Crippen LogP contribution >= 0.6 is 0 Å². The molecule has 1 saturated heterocycles. The fourth-order valence-corrected chi connectivity index (χ4v) is 2.15. The molecule has 5 heteroatoms. The third-order valence-corrected chi connectivity index (χ3v) is 4.15. The Morgan fingerprint density at radius 3 is 2.50 bits per heavy atom. The number of hydrogen-bond donors (Lipinski definition) is 0. The van der Waals surface area contributed by atoms with Crippen LogP contribution in [-0.4, -0.2) is 33.5 Å². The van der Waals surface area contributed by atoms with E-state index >= 15 is 0 Å². The zero-order valence-electron chi connectivity index (χ0n) is 9.05. The Hall–Kier alpha value is -1.07. The molecule has 1 fully saturated rings. The van der Waals surface area contributed by atoms with Crippen molar-refractivity contribution in [1.82, 2.24) is 0 Å². The quantitative estimate of drug-likeness (QED) is 0.729. The lowest BCUT2D eigenvalue weighted by molar-refractivity contribution is 0.263. The van der Waals surface area contributed by atoms with Crippen LogP contribution in [-0.2, 0) is 14.6 Å². The third kappa shape index (κ3) is 2.74. The number of hydrogen-bond acceptors (Lipinski definition) is 4. The molecule has 0 bridgehead atoms. The molecule has 1 atom stereocenters. The van der Waals surface area contributed by atoms with Gasteiger partial charge in [0.1, 0.15) is 18.5 Å². The predicted molar refractivity (Wildman–Crippen MR) is 59.4 cm³/mol. The van der Waals surface area contributed by atoms with Gasteiger partial charge in [-0.3, -0.25) is 0 Å². The first kappa shape index (κ1) is 11.4. The van der Waals surface area contributed by atoms with E-state index in [1.165, 1.54) is 0 Å². The van der Waals surface area contributed by atoms with Crippen molar-refractivity contribution in [3.05, 3.63) is 24.3 Å². The maximum absolute atomic E-state index is 11.5. The molecule has 0 N–H and O–H groups in total. The molecule has 1 aromatic rings. The smallest absolute Gasteiger partial charge is 0.178 e. The largest absolute Gasteiger partial charge is 0.491 e. The molecule has 1 aliphatic rings. The summed E-state index contributed by atoms with van der Waals surface area (Å²) in [5.74, 6) is 0.786. The highest BCUT2D eigenvalue weighted by Gasteiger charge is 2.23. The van der Waals surface area contributed by atoms with Gasteiger partial charge in [-0.05, 0) is 24.3 Å². The van der Waals surface area contributed by atoms with Gasteiger partial charge in [-0.2, -0.15) is 0 Å². The van der Waals surface area contributed by atoms with Gasteiger partial charge in [0.15, 0.2) is 9.84 Å². The Labute approximate surface area is 95.1 Å². The maximum atomic E-state index is 11.5. The standard InChI is InChI=1S/C11H14O4S/c1-2-16(12,13)11-5-3-9(4-6-11)14-7-10-8-15-10/h3-6,10H,2,7-8H2,1H3. The molecule has 0 spiro atoms. The SMILES string of the molecule is CCS(=O)(=O)c1ccc(OCC2CO2)cc1. The highest BCUT2D eigenvalue weighted by atomic mass is 32.2. The minimum absolute atomic E-state index is 0.114. The summed E-state index contributed by atoms with van der Waals surface area (Å²) in [6.07, 6.45) is 0.207. The van der Waals surface area contributed by atoms with Crippen molar-refractivity contribution in [2.75, 3.05) is 19.0 Å². The zero-order chi connectivity index (χ0) is 11.6. The molecule has 1 aromatic carbocycles. The molecule has 1 aliphatic heterocycles. The number of epoxide rings is 1.